The lowest BCUT2D eigenvalue weighted by Crippen LogP contribution is -2.47. The second-order valence-corrected chi connectivity index (χ2v) is 15.4. The van der Waals surface area contributed by atoms with Crippen molar-refractivity contribution in [1.29, 1.82) is 0 Å². The van der Waals surface area contributed by atoms with Crippen LogP contribution in [0.1, 0.15) is 44.6 Å². The molecule has 0 radical (unpaired) electrons. The minimum Gasteiger partial charge on any atom is -0.389 e. The number of hydrogen-bond acceptors (Lipinski definition) is 8. The lowest BCUT2D eigenvalue weighted by atomic mass is 9.88. The number of rotatable bonds is 13. The van der Waals surface area contributed by atoms with Gasteiger partial charge in [-0.15, -0.1) is 0 Å². The van der Waals surface area contributed by atoms with Gasteiger partial charge < -0.3 is 19.9 Å². The fourth-order valence-electron chi connectivity index (χ4n) is 6.25. The Morgan fingerprint density at radius 1 is 1.05 bits per heavy atom. The molecule has 0 aliphatic carbocycles. The Kier molecular flexibility index (Phi) is 10.4. The van der Waals surface area contributed by atoms with Crippen LogP contribution in [0.2, 0.25) is 0 Å². The van der Waals surface area contributed by atoms with E-state index in [-0.39, 0.29) is 29.2 Å². The van der Waals surface area contributed by atoms with E-state index in [9.17, 15) is 21.9 Å². The summed E-state index contributed by atoms with van der Waals surface area (Å²) in [4.78, 5) is 0.446. The van der Waals surface area contributed by atoms with Crippen LogP contribution in [0.3, 0.4) is 0 Å². The van der Waals surface area contributed by atoms with E-state index in [0.29, 0.717) is 62.4 Å². The molecule has 44 heavy (non-hydrogen) atoms. The fourth-order valence-corrected chi connectivity index (χ4v) is 8.53. The molecule has 4 N–H and O–H groups in total. The molecule has 10 nitrogen and oxygen atoms in total. The minimum atomic E-state index is -3.80. The van der Waals surface area contributed by atoms with Crippen LogP contribution < -0.4 is 10.5 Å². The van der Waals surface area contributed by atoms with Crippen molar-refractivity contribution in [2.75, 3.05) is 32.8 Å². The molecule has 240 valence electrons. The highest BCUT2D eigenvalue weighted by Crippen LogP contribution is 2.37. The van der Waals surface area contributed by atoms with E-state index in [1.165, 1.54) is 6.07 Å². The number of fused-ring (bicyclic) bond motifs is 1. The molecule has 3 atom stereocenters. The molecule has 0 amide bonds. The Morgan fingerprint density at radius 2 is 1.75 bits per heavy atom. The molecule has 0 saturated carbocycles. The van der Waals surface area contributed by atoms with Gasteiger partial charge in [0.05, 0.1) is 40.8 Å². The van der Waals surface area contributed by atoms with Gasteiger partial charge in [-0.05, 0) is 73.1 Å². The summed E-state index contributed by atoms with van der Waals surface area (Å²) in [5.41, 5.74) is 0.293. The molecule has 0 bridgehead atoms. The van der Waals surface area contributed by atoms with Gasteiger partial charge in [-0.3, -0.25) is 0 Å². The highest BCUT2D eigenvalue weighted by Gasteiger charge is 2.44. The number of aliphatic hydroxyl groups is 1. The van der Waals surface area contributed by atoms with Gasteiger partial charge in [-0.2, -0.15) is 4.31 Å². The fraction of sp³-hybridized carbons (Fsp3) is 0.500. The van der Waals surface area contributed by atoms with Crippen molar-refractivity contribution in [2.24, 2.45) is 5.14 Å². The van der Waals surface area contributed by atoms with Crippen LogP contribution in [0, 0.1) is 0 Å². The van der Waals surface area contributed by atoms with Gasteiger partial charge in [0.2, 0.25) is 20.0 Å². The molecule has 1 spiro atoms. The monoisotopic (exact) mass is 645 g/mol. The standard InChI is InChI=1S/C32H43N3O7S2/c1-2-29(13-11-25-8-5-6-10-31(25)43(33,37)38)41-23-28(36)21-34-27-20-32(42-22-27)15-17-35(18-16-32)44(39,40)30-14-12-24-7-3-4-9-26(24)19-30/h3-10,12,14,19,27-29,34,36H,2,11,13,15-18,20-23H2,1H3,(H2,33,37,38). The number of nitrogens with two attached hydrogens (primary N) is 1. The first kappa shape index (κ1) is 33.0. The Labute approximate surface area is 260 Å². The molecular formula is C32H43N3O7S2. The average Bonchev–Trinajstić information content (AvgIpc) is 3.41. The summed E-state index contributed by atoms with van der Waals surface area (Å²) in [6.07, 6.45) is 2.99. The van der Waals surface area contributed by atoms with E-state index < -0.39 is 26.2 Å². The molecule has 5 rings (SSSR count). The van der Waals surface area contributed by atoms with Crippen LogP contribution >= 0.6 is 0 Å². The number of piperidine rings is 1. The largest absolute Gasteiger partial charge is 0.389 e. The van der Waals surface area contributed by atoms with E-state index >= 15 is 0 Å². The molecule has 0 aromatic heterocycles. The smallest absolute Gasteiger partial charge is 0.243 e. The predicted octanol–water partition coefficient (Wildman–Crippen LogP) is 3.18. The second kappa shape index (κ2) is 13.9. The van der Waals surface area contributed by atoms with Crippen molar-refractivity contribution < 1.29 is 31.4 Å². The van der Waals surface area contributed by atoms with Crippen LogP contribution in [0.4, 0.5) is 0 Å². The first-order valence-electron chi connectivity index (χ1n) is 15.3. The summed E-state index contributed by atoms with van der Waals surface area (Å²) in [6, 6.07) is 19.8. The van der Waals surface area contributed by atoms with E-state index in [4.69, 9.17) is 14.6 Å². The molecule has 12 heteroatoms. The lowest BCUT2D eigenvalue weighted by molar-refractivity contribution is -0.0313. The summed E-state index contributed by atoms with van der Waals surface area (Å²) in [5.74, 6) is 0. The summed E-state index contributed by atoms with van der Waals surface area (Å²) in [7, 11) is -7.39. The van der Waals surface area contributed by atoms with E-state index in [0.717, 1.165) is 23.6 Å². The number of nitrogens with one attached hydrogen (secondary N) is 1. The van der Waals surface area contributed by atoms with Gasteiger partial charge in [-0.1, -0.05) is 55.5 Å². The summed E-state index contributed by atoms with van der Waals surface area (Å²) >= 11 is 0. The first-order valence-corrected chi connectivity index (χ1v) is 18.2. The SMILES string of the molecule is CCC(CCc1ccccc1S(N)(=O)=O)OCC(O)CNC1COC2(CCN(S(=O)(=O)c3ccc4ccccc4c3)CC2)C1. The highest BCUT2D eigenvalue weighted by molar-refractivity contribution is 7.89. The van der Waals surface area contributed by atoms with Crippen molar-refractivity contribution in [3.8, 4) is 0 Å². The predicted molar refractivity (Wildman–Crippen MR) is 169 cm³/mol. The van der Waals surface area contributed by atoms with E-state index in [1.54, 1.807) is 34.6 Å². The van der Waals surface area contributed by atoms with Crippen molar-refractivity contribution in [3.63, 3.8) is 0 Å². The summed E-state index contributed by atoms with van der Waals surface area (Å²) < 4.78 is 64.3. The van der Waals surface area contributed by atoms with Crippen molar-refractivity contribution >= 4 is 30.8 Å². The van der Waals surface area contributed by atoms with Gasteiger partial charge in [0, 0.05) is 25.7 Å². The molecule has 2 aliphatic rings. The molecule has 3 aromatic rings. The number of aryl methyl sites for hydroxylation is 1. The maximum atomic E-state index is 13.4. The van der Waals surface area contributed by atoms with Gasteiger partial charge in [0.1, 0.15) is 0 Å². The maximum Gasteiger partial charge on any atom is 0.243 e. The first-order chi connectivity index (χ1) is 21.0. The lowest BCUT2D eigenvalue weighted by Gasteiger charge is -2.38. The highest BCUT2D eigenvalue weighted by atomic mass is 32.2. The second-order valence-electron chi connectivity index (χ2n) is 11.9. The van der Waals surface area contributed by atoms with Crippen LogP contribution in [0.5, 0.6) is 0 Å². The van der Waals surface area contributed by atoms with Crippen LogP contribution in [0.15, 0.2) is 76.5 Å². The zero-order valence-electron chi connectivity index (χ0n) is 25.1. The third-order valence-electron chi connectivity index (χ3n) is 8.84. The third kappa shape index (κ3) is 7.86. The summed E-state index contributed by atoms with van der Waals surface area (Å²) in [5, 5.41) is 21.2. The van der Waals surface area contributed by atoms with Crippen LogP contribution in [-0.4, -0.2) is 82.9 Å². The number of ether oxygens (including phenoxy) is 2. The molecule has 2 heterocycles. The number of aliphatic hydroxyl groups excluding tert-OH is 1. The molecular weight excluding hydrogens is 603 g/mol. The van der Waals surface area contributed by atoms with Crippen LogP contribution in [0.25, 0.3) is 10.8 Å². The van der Waals surface area contributed by atoms with Gasteiger partial charge in [0.15, 0.2) is 0 Å². The number of benzene rings is 3. The zero-order valence-corrected chi connectivity index (χ0v) is 26.7. The van der Waals surface area contributed by atoms with Gasteiger partial charge in [-0.25, -0.2) is 22.0 Å². The Morgan fingerprint density at radius 3 is 2.48 bits per heavy atom. The van der Waals surface area contributed by atoms with Gasteiger partial charge >= 0.3 is 0 Å². The normalized spacial score (nSPS) is 20.7. The quantitative estimate of drug-likeness (QED) is 0.257. The van der Waals surface area contributed by atoms with Crippen molar-refractivity contribution in [2.45, 2.75) is 79.1 Å². The minimum absolute atomic E-state index is 0.0602. The van der Waals surface area contributed by atoms with Crippen molar-refractivity contribution in [1.82, 2.24) is 9.62 Å². The van der Waals surface area contributed by atoms with Crippen molar-refractivity contribution in [3.05, 3.63) is 72.3 Å². The molecule has 3 aromatic carbocycles. The topological polar surface area (TPSA) is 148 Å². The summed E-state index contributed by atoms with van der Waals surface area (Å²) in [6.45, 7) is 3.80. The molecule has 3 unspecified atom stereocenters. The van der Waals surface area contributed by atoms with Gasteiger partial charge in [0.25, 0.3) is 0 Å². The third-order valence-corrected chi connectivity index (χ3v) is 11.7. The number of hydrogen-bond donors (Lipinski definition) is 3. The van der Waals surface area contributed by atoms with E-state index in [2.05, 4.69) is 5.32 Å². The Balaban J connectivity index is 1.05. The zero-order chi connectivity index (χ0) is 31.4. The number of nitrogens with zero attached hydrogens (tertiary/aromatic N) is 1. The molecule has 2 aliphatic heterocycles. The van der Waals surface area contributed by atoms with E-state index in [1.807, 2.05) is 37.3 Å². The number of sulfonamides is 2. The average molecular weight is 646 g/mol. The molecule has 2 saturated heterocycles. The van der Waals surface area contributed by atoms with Crippen LogP contribution in [-0.2, 0) is 35.9 Å². The Hall–Kier alpha value is -2.42. The maximum absolute atomic E-state index is 13.4. The number of primary sulfonamides is 1. The molecule has 2 fully saturated rings. The Bertz CT molecular complexity index is 1640.